The van der Waals surface area contributed by atoms with Crippen molar-refractivity contribution in [2.45, 2.75) is 44.7 Å². The first-order valence-corrected chi connectivity index (χ1v) is 17.6. The third-order valence-corrected chi connectivity index (χ3v) is 9.02. The Balaban J connectivity index is 0.779. The molecule has 5 amide bonds. The van der Waals surface area contributed by atoms with Crippen LogP contribution < -0.4 is 21.3 Å². The summed E-state index contributed by atoms with van der Waals surface area (Å²) in [5.41, 5.74) is 3.43. The Morgan fingerprint density at radius 1 is 0.926 bits per heavy atom. The lowest BCUT2D eigenvalue weighted by molar-refractivity contribution is -0.293. The van der Waals surface area contributed by atoms with Gasteiger partial charge in [0.15, 0.2) is 5.65 Å². The predicted molar refractivity (Wildman–Crippen MR) is 192 cm³/mol. The van der Waals surface area contributed by atoms with Crippen LogP contribution in [-0.2, 0) is 25.9 Å². The summed E-state index contributed by atoms with van der Waals surface area (Å²) in [7, 11) is 0. The van der Waals surface area contributed by atoms with Gasteiger partial charge in [0.05, 0.1) is 43.3 Å². The van der Waals surface area contributed by atoms with Crippen LogP contribution in [0.25, 0.3) is 16.9 Å². The van der Waals surface area contributed by atoms with Gasteiger partial charge in [0, 0.05) is 36.3 Å². The van der Waals surface area contributed by atoms with Crippen molar-refractivity contribution < 1.29 is 38.2 Å². The number of carbonyl (C=O) groups excluding carboxylic acids is 5. The van der Waals surface area contributed by atoms with Crippen LogP contribution >= 0.6 is 0 Å². The average Bonchev–Trinajstić information content (AvgIpc) is 3.94. The van der Waals surface area contributed by atoms with Crippen molar-refractivity contribution in [3.8, 4) is 11.3 Å². The molecule has 17 heteroatoms. The number of nitrogens with one attached hydrogen (secondary N) is 4. The van der Waals surface area contributed by atoms with Crippen molar-refractivity contribution in [2.75, 3.05) is 36.9 Å². The van der Waals surface area contributed by atoms with E-state index in [2.05, 4.69) is 36.4 Å². The van der Waals surface area contributed by atoms with E-state index in [1.807, 2.05) is 24.3 Å². The summed E-state index contributed by atoms with van der Waals surface area (Å²) in [5, 5.41) is 19.8. The van der Waals surface area contributed by atoms with Gasteiger partial charge in [-0.2, -0.15) is 0 Å². The van der Waals surface area contributed by atoms with E-state index < -0.39 is 29.7 Å². The summed E-state index contributed by atoms with van der Waals surface area (Å²) in [5.74, 6) is -0.914. The standard InChI is InChI=1S/C37H37N9O8/c47-30-14-13-28(35(49)43-30)46-36(50)26-7-4-8-27(31(26)37(46)51)38-15-2-1-3-18-53-54-19-16-39-34(48)24-11-9-23(10-12-24)32-33-44-42-22-45(33)29(21-41-32)40-20-25-6-5-17-52-25/h4-12,17,21-22,28,38,40H,1-3,13-16,18-20H2,(H,39,48)(H,43,47,49). The Kier molecular flexibility index (Phi) is 11.0. The van der Waals surface area contributed by atoms with Gasteiger partial charge in [0.2, 0.25) is 11.8 Å². The SMILES string of the molecule is O=C1CCC(N2C(=O)c3cccc(NCCCCCOOCCNC(=O)c4ccc(-c5ncc(NCc6ccco6)n6cnnc56)cc4)c3C2=O)C(=O)N1. The fourth-order valence-corrected chi connectivity index (χ4v) is 6.30. The Bertz CT molecular complexity index is 2170. The molecule has 5 aromatic rings. The molecular weight excluding hydrogens is 698 g/mol. The Morgan fingerprint density at radius 3 is 2.59 bits per heavy atom. The fraction of sp³-hybridized carbons (Fsp3) is 0.297. The van der Waals surface area contributed by atoms with E-state index >= 15 is 0 Å². The quantitative estimate of drug-likeness (QED) is 0.0468. The van der Waals surface area contributed by atoms with Crippen LogP contribution in [0.3, 0.4) is 0 Å². The van der Waals surface area contributed by atoms with Crippen LogP contribution in [0.4, 0.5) is 11.5 Å². The smallest absolute Gasteiger partial charge is 0.264 e. The maximum absolute atomic E-state index is 13.2. The van der Waals surface area contributed by atoms with Gasteiger partial charge in [0.1, 0.15) is 29.6 Å². The number of carbonyl (C=O) groups is 5. The molecule has 5 heterocycles. The van der Waals surface area contributed by atoms with Gasteiger partial charge in [-0.15, -0.1) is 10.2 Å². The number of hydrogen-bond donors (Lipinski definition) is 4. The zero-order valence-corrected chi connectivity index (χ0v) is 29.1. The number of hydrogen-bond acceptors (Lipinski definition) is 13. The van der Waals surface area contributed by atoms with Crippen LogP contribution in [0.2, 0.25) is 0 Å². The monoisotopic (exact) mass is 735 g/mol. The van der Waals surface area contributed by atoms with Crippen molar-refractivity contribution >= 4 is 46.7 Å². The molecule has 1 fully saturated rings. The molecule has 1 unspecified atom stereocenters. The molecule has 2 aliphatic rings. The lowest BCUT2D eigenvalue weighted by Crippen LogP contribution is -2.54. The van der Waals surface area contributed by atoms with Crippen LogP contribution in [0.15, 0.2) is 77.8 Å². The lowest BCUT2D eigenvalue weighted by atomic mass is 10.0. The van der Waals surface area contributed by atoms with Crippen molar-refractivity contribution in [1.82, 2.24) is 35.1 Å². The molecule has 1 atom stereocenters. The number of rotatable bonds is 17. The first-order valence-electron chi connectivity index (χ1n) is 17.6. The molecule has 2 aliphatic heterocycles. The minimum absolute atomic E-state index is 0.0638. The summed E-state index contributed by atoms with van der Waals surface area (Å²) >= 11 is 0. The molecular formula is C37H37N9O8. The fourth-order valence-electron chi connectivity index (χ4n) is 6.30. The van der Waals surface area contributed by atoms with E-state index in [1.54, 1.807) is 53.5 Å². The Labute approximate surface area is 308 Å². The average molecular weight is 736 g/mol. The zero-order chi connectivity index (χ0) is 37.4. The van der Waals surface area contributed by atoms with E-state index in [1.165, 1.54) is 0 Å². The number of nitrogens with zero attached hydrogens (tertiary/aromatic N) is 5. The number of aromatic nitrogens is 4. The van der Waals surface area contributed by atoms with Gasteiger partial charge in [-0.1, -0.05) is 18.2 Å². The second-order valence-electron chi connectivity index (χ2n) is 12.6. The van der Waals surface area contributed by atoms with E-state index in [4.69, 9.17) is 14.2 Å². The van der Waals surface area contributed by atoms with E-state index in [0.29, 0.717) is 54.5 Å². The lowest BCUT2D eigenvalue weighted by Gasteiger charge is -2.27. The molecule has 0 aliphatic carbocycles. The van der Waals surface area contributed by atoms with Gasteiger partial charge in [-0.25, -0.2) is 14.8 Å². The number of amides is 5. The van der Waals surface area contributed by atoms with Gasteiger partial charge in [-0.05, 0) is 62.1 Å². The number of anilines is 2. The highest BCUT2D eigenvalue weighted by Crippen LogP contribution is 2.32. The minimum Gasteiger partial charge on any atom is -0.467 e. The number of piperidine rings is 1. The summed E-state index contributed by atoms with van der Waals surface area (Å²) < 4.78 is 7.18. The van der Waals surface area contributed by atoms with Gasteiger partial charge >= 0.3 is 0 Å². The summed E-state index contributed by atoms with van der Waals surface area (Å²) in [6.45, 7) is 1.81. The van der Waals surface area contributed by atoms with Crippen LogP contribution in [-0.4, -0.2) is 86.4 Å². The number of benzene rings is 2. The van der Waals surface area contributed by atoms with Gasteiger partial charge < -0.3 is 20.4 Å². The molecule has 0 saturated carbocycles. The molecule has 0 bridgehead atoms. The molecule has 7 rings (SSSR count). The van der Waals surface area contributed by atoms with Crippen LogP contribution in [0.5, 0.6) is 0 Å². The maximum Gasteiger partial charge on any atom is 0.264 e. The largest absolute Gasteiger partial charge is 0.467 e. The molecule has 3 aromatic heterocycles. The number of imide groups is 2. The first-order chi connectivity index (χ1) is 26.4. The normalized spacial score (nSPS) is 15.4. The van der Waals surface area contributed by atoms with Crippen molar-refractivity contribution in [2.24, 2.45) is 0 Å². The molecule has 278 valence electrons. The summed E-state index contributed by atoms with van der Waals surface area (Å²) in [6, 6.07) is 14.7. The van der Waals surface area contributed by atoms with Crippen molar-refractivity contribution in [3.63, 3.8) is 0 Å². The third-order valence-electron chi connectivity index (χ3n) is 9.02. The first kappa shape index (κ1) is 35.9. The highest BCUT2D eigenvalue weighted by molar-refractivity contribution is 6.25. The number of unbranched alkanes of at least 4 members (excludes halogenated alkanes) is 2. The predicted octanol–water partition coefficient (Wildman–Crippen LogP) is 3.36. The maximum atomic E-state index is 13.2. The minimum atomic E-state index is -1.01. The summed E-state index contributed by atoms with van der Waals surface area (Å²) in [4.78, 5) is 78.8. The number of fused-ring (bicyclic) bond motifs is 2. The summed E-state index contributed by atoms with van der Waals surface area (Å²) in [6.07, 6.45) is 7.36. The van der Waals surface area contributed by atoms with Gasteiger partial charge in [-0.3, -0.25) is 38.6 Å². The Hall–Kier alpha value is -6.46. The van der Waals surface area contributed by atoms with E-state index in [-0.39, 0.29) is 43.0 Å². The van der Waals surface area contributed by atoms with Gasteiger partial charge in [0.25, 0.3) is 17.7 Å². The second-order valence-corrected chi connectivity index (χ2v) is 12.6. The molecule has 17 nitrogen and oxygen atoms in total. The van der Waals surface area contributed by atoms with Crippen molar-refractivity contribution in [3.05, 3.63) is 95.8 Å². The zero-order valence-electron chi connectivity index (χ0n) is 29.1. The van der Waals surface area contributed by atoms with Crippen molar-refractivity contribution in [1.29, 1.82) is 0 Å². The Morgan fingerprint density at radius 2 is 1.78 bits per heavy atom. The third kappa shape index (κ3) is 7.81. The topological polar surface area (TPSA) is 211 Å². The highest BCUT2D eigenvalue weighted by Gasteiger charge is 2.45. The molecule has 0 spiro atoms. The second kappa shape index (κ2) is 16.5. The number of furan rings is 1. The van der Waals surface area contributed by atoms with Crippen LogP contribution in [0, 0.1) is 0 Å². The van der Waals surface area contributed by atoms with E-state index in [0.717, 1.165) is 29.1 Å². The van der Waals surface area contributed by atoms with E-state index in [9.17, 15) is 24.0 Å². The molecule has 4 N–H and O–H groups in total. The van der Waals surface area contributed by atoms with Crippen LogP contribution in [0.1, 0.15) is 68.9 Å². The highest BCUT2D eigenvalue weighted by atomic mass is 17.2. The molecule has 1 saturated heterocycles. The molecule has 54 heavy (non-hydrogen) atoms. The molecule has 0 radical (unpaired) electrons. The molecule has 2 aromatic carbocycles.